The highest BCUT2D eigenvalue weighted by molar-refractivity contribution is 7.90. The number of sulfonamides is 1. The number of nitrogens with one attached hydrogen (secondary N) is 3. The molecule has 3 aliphatic rings. The molecule has 2 saturated heterocycles. The normalized spacial score (nSPS) is 18.7. The zero-order valence-corrected chi connectivity index (χ0v) is 37.0. The lowest BCUT2D eigenvalue weighted by atomic mass is 9.72. The minimum atomic E-state index is -4.82. The van der Waals surface area contributed by atoms with Crippen LogP contribution in [-0.2, 0) is 14.8 Å². The number of fused-ring (bicyclic) bond motifs is 1. The molecule has 0 spiro atoms. The summed E-state index contributed by atoms with van der Waals surface area (Å²) in [6.45, 7) is 11.2. The van der Waals surface area contributed by atoms with Gasteiger partial charge in [0, 0.05) is 86.4 Å². The number of carbonyl (C=O) groups is 1. The van der Waals surface area contributed by atoms with Crippen LogP contribution in [0, 0.1) is 27.3 Å². The molecule has 1 amide bonds. The van der Waals surface area contributed by atoms with Crippen molar-refractivity contribution in [3.63, 3.8) is 0 Å². The van der Waals surface area contributed by atoms with Crippen molar-refractivity contribution in [2.75, 3.05) is 56.2 Å². The fourth-order valence-electron chi connectivity index (χ4n) is 8.83. The summed E-state index contributed by atoms with van der Waals surface area (Å²) in [5.41, 5.74) is 4.31. The number of amides is 1. The fraction of sp³-hybridized carbons (Fsp3) is 0.391. The molecule has 4 heterocycles. The van der Waals surface area contributed by atoms with Crippen LogP contribution in [-0.4, -0.2) is 86.1 Å². The minimum absolute atomic E-state index is 0.0546. The Morgan fingerprint density at radius 3 is 2.62 bits per heavy atom. The maximum atomic E-state index is 15.5. The van der Waals surface area contributed by atoms with Gasteiger partial charge < -0.3 is 24.7 Å². The van der Waals surface area contributed by atoms with Crippen LogP contribution in [0.25, 0.3) is 16.6 Å². The number of H-pyrrole nitrogens is 1. The molecule has 0 bridgehead atoms. The molecule has 1 aliphatic carbocycles. The van der Waals surface area contributed by atoms with Gasteiger partial charge in [-0.15, -0.1) is 0 Å². The Balaban J connectivity index is 1.03. The summed E-state index contributed by atoms with van der Waals surface area (Å²) in [4.78, 5) is 36.5. The van der Waals surface area contributed by atoms with E-state index >= 15 is 4.39 Å². The van der Waals surface area contributed by atoms with E-state index in [0.717, 1.165) is 56.0 Å². The Kier molecular flexibility index (Phi) is 12.8. The van der Waals surface area contributed by atoms with Crippen LogP contribution in [0.1, 0.15) is 68.8 Å². The zero-order chi connectivity index (χ0) is 44.5. The number of pyridine rings is 1. The van der Waals surface area contributed by atoms with E-state index in [1.165, 1.54) is 29.0 Å². The molecule has 14 nitrogen and oxygen atoms in total. The predicted molar refractivity (Wildman–Crippen MR) is 242 cm³/mol. The van der Waals surface area contributed by atoms with E-state index < -0.39 is 42.9 Å². The molecule has 332 valence electrons. The van der Waals surface area contributed by atoms with E-state index in [4.69, 9.17) is 21.1 Å². The van der Waals surface area contributed by atoms with Gasteiger partial charge in [0.25, 0.3) is 21.6 Å². The molecule has 17 heteroatoms. The van der Waals surface area contributed by atoms with Crippen molar-refractivity contribution in [3.8, 4) is 11.5 Å². The first-order valence-corrected chi connectivity index (χ1v) is 23.1. The topological polar surface area (TPSA) is 172 Å². The molecule has 1 atom stereocenters. The first kappa shape index (κ1) is 44.1. The molecule has 2 aromatic heterocycles. The number of rotatable bonds is 13. The third-order valence-electron chi connectivity index (χ3n) is 12.3. The summed E-state index contributed by atoms with van der Waals surface area (Å²) in [5, 5.41) is 16.3. The third-order valence-corrected chi connectivity index (χ3v) is 13.9. The van der Waals surface area contributed by atoms with Crippen molar-refractivity contribution >= 4 is 61.2 Å². The maximum Gasteiger partial charge on any atom is 0.296 e. The molecule has 0 unspecified atom stereocenters. The van der Waals surface area contributed by atoms with E-state index in [9.17, 15) is 23.3 Å². The number of hydrogen-bond donors (Lipinski definition) is 3. The molecule has 2 fully saturated rings. The lowest BCUT2D eigenvalue weighted by Crippen LogP contribution is -2.52. The number of aromatic nitrogens is 2. The molecular formula is C46H51ClFN7O7S. The zero-order valence-electron chi connectivity index (χ0n) is 35.5. The largest absolute Gasteiger partial charge is 0.455 e. The maximum absolute atomic E-state index is 15.5. The standard InChI is InChI=1S/C46H51ClFN7O7S/c1-29-27-53(28-33-10-14-46(2,3)24-39(33)31-4-6-34(47)7-5-31)16-17-54(29)35-8-9-38(42(21-35)62-36-20-32-11-15-49-44(32)51-26-36)45(56)52-63(59,60)37-22-40(48)43(41(23-37)55(57)58)50-25-30-12-18-61-19-13-30/h4-9,11,15,20-23,26,29-30,50H,10,12-14,16-19,24-25,27-28H2,1-3H3,(H,49,51)(H,52,56)/t29-/m1/s1. The number of hydrogen-bond acceptors (Lipinski definition) is 11. The number of aromatic amines is 1. The molecule has 5 aromatic rings. The molecule has 3 aromatic carbocycles. The van der Waals surface area contributed by atoms with Crippen LogP contribution in [0.2, 0.25) is 5.02 Å². The summed E-state index contributed by atoms with van der Waals surface area (Å²) in [7, 11) is -4.82. The SMILES string of the molecule is C[C@@H]1CN(CC2=C(c3ccc(Cl)cc3)CC(C)(C)CC2)CCN1c1ccc(C(=O)NS(=O)(=O)c2cc(F)c(NCC3CCOCC3)c([N+](=O)[O-])c2)c(Oc2cnc3[nH]ccc3c2)c1. The van der Waals surface area contributed by atoms with Crippen molar-refractivity contribution in [3.05, 3.63) is 117 Å². The summed E-state index contributed by atoms with van der Waals surface area (Å²) in [5.74, 6) is -1.75. The second kappa shape index (κ2) is 18.3. The van der Waals surface area contributed by atoms with E-state index in [-0.39, 0.29) is 35.2 Å². The van der Waals surface area contributed by atoms with Crippen molar-refractivity contribution in [1.29, 1.82) is 0 Å². The van der Waals surface area contributed by atoms with E-state index in [1.807, 2.05) is 22.9 Å². The van der Waals surface area contributed by atoms with Gasteiger partial charge in [0.05, 0.1) is 21.6 Å². The van der Waals surface area contributed by atoms with Crippen molar-refractivity contribution < 1.29 is 32.0 Å². The second-order valence-electron chi connectivity index (χ2n) is 17.5. The van der Waals surface area contributed by atoms with Crippen LogP contribution in [0.5, 0.6) is 11.5 Å². The lowest BCUT2D eigenvalue weighted by molar-refractivity contribution is -0.384. The summed E-state index contributed by atoms with van der Waals surface area (Å²) >= 11 is 6.25. The fourth-order valence-corrected chi connectivity index (χ4v) is 9.96. The number of allylic oxidation sites excluding steroid dienone is 1. The van der Waals surface area contributed by atoms with Gasteiger partial charge in [-0.2, -0.15) is 0 Å². The van der Waals surface area contributed by atoms with Gasteiger partial charge in [0.15, 0.2) is 5.82 Å². The van der Waals surface area contributed by atoms with Gasteiger partial charge in [0.1, 0.15) is 22.8 Å². The number of piperazine rings is 1. The van der Waals surface area contributed by atoms with Gasteiger partial charge in [0.2, 0.25) is 0 Å². The predicted octanol–water partition coefficient (Wildman–Crippen LogP) is 9.19. The Bertz CT molecular complexity index is 2670. The highest BCUT2D eigenvalue weighted by atomic mass is 35.5. The number of nitro groups is 1. The highest BCUT2D eigenvalue weighted by Gasteiger charge is 2.32. The number of ether oxygens (including phenoxy) is 2. The molecule has 2 aliphatic heterocycles. The summed E-state index contributed by atoms with van der Waals surface area (Å²) in [6, 6.07) is 18.1. The average Bonchev–Trinajstić information content (AvgIpc) is 3.72. The Morgan fingerprint density at radius 2 is 1.87 bits per heavy atom. The van der Waals surface area contributed by atoms with Gasteiger partial charge in [-0.25, -0.2) is 22.5 Å². The molecule has 0 radical (unpaired) electrons. The molecular weight excluding hydrogens is 849 g/mol. The number of carbonyl (C=O) groups excluding carboxylic acids is 1. The van der Waals surface area contributed by atoms with Crippen molar-refractivity contribution in [2.24, 2.45) is 11.3 Å². The highest BCUT2D eigenvalue weighted by Crippen LogP contribution is 2.44. The number of benzene rings is 3. The van der Waals surface area contributed by atoms with Gasteiger partial charge in [-0.05, 0) is 104 Å². The Hall–Kier alpha value is -5.55. The first-order valence-electron chi connectivity index (χ1n) is 21.2. The monoisotopic (exact) mass is 899 g/mol. The molecule has 8 rings (SSSR count). The van der Waals surface area contributed by atoms with Gasteiger partial charge in [-0.1, -0.05) is 43.2 Å². The van der Waals surface area contributed by atoms with Crippen LogP contribution < -0.4 is 19.7 Å². The van der Waals surface area contributed by atoms with Crippen LogP contribution in [0.15, 0.2) is 89.6 Å². The van der Waals surface area contributed by atoms with E-state index in [0.29, 0.717) is 55.1 Å². The quantitative estimate of drug-likeness (QED) is 0.0760. The average molecular weight is 900 g/mol. The van der Waals surface area contributed by atoms with E-state index in [2.05, 4.69) is 58.0 Å². The van der Waals surface area contributed by atoms with Crippen LogP contribution >= 0.6 is 11.6 Å². The van der Waals surface area contributed by atoms with Gasteiger partial charge >= 0.3 is 0 Å². The summed E-state index contributed by atoms with van der Waals surface area (Å²) < 4.78 is 56.6. The van der Waals surface area contributed by atoms with Crippen LogP contribution in [0.3, 0.4) is 0 Å². The minimum Gasteiger partial charge on any atom is -0.455 e. The Labute approximate surface area is 371 Å². The molecule has 0 saturated carbocycles. The number of nitro benzene ring substituents is 1. The molecule has 3 N–H and O–H groups in total. The van der Waals surface area contributed by atoms with Crippen molar-refractivity contribution in [1.82, 2.24) is 19.6 Å². The molecule has 63 heavy (non-hydrogen) atoms. The number of anilines is 2. The number of nitrogens with zero attached hydrogens (tertiary/aromatic N) is 4. The first-order chi connectivity index (χ1) is 30.1. The number of halogens is 2. The Morgan fingerprint density at radius 1 is 1.10 bits per heavy atom. The van der Waals surface area contributed by atoms with Crippen LogP contribution in [0.4, 0.5) is 21.5 Å². The lowest BCUT2D eigenvalue weighted by Gasteiger charge is -2.43. The third kappa shape index (κ3) is 10.1. The van der Waals surface area contributed by atoms with Gasteiger partial charge in [-0.3, -0.25) is 19.8 Å². The second-order valence-corrected chi connectivity index (χ2v) is 19.6. The van der Waals surface area contributed by atoms with Crippen molar-refractivity contribution in [2.45, 2.75) is 63.8 Å². The smallest absolute Gasteiger partial charge is 0.296 e. The van der Waals surface area contributed by atoms with E-state index in [1.54, 1.807) is 24.4 Å². The summed E-state index contributed by atoms with van der Waals surface area (Å²) in [6.07, 6.45) is 7.75.